The molecule has 0 amide bonds. The maximum absolute atomic E-state index is 10.9. The van der Waals surface area contributed by atoms with E-state index in [9.17, 15) is 4.79 Å². The lowest BCUT2D eigenvalue weighted by molar-refractivity contribution is -0.0553. The van der Waals surface area contributed by atoms with E-state index in [0.29, 0.717) is 12.4 Å². The Bertz CT molecular complexity index is 446. The average Bonchev–Trinajstić information content (AvgIpc) is 2.28. The van der Waals surface area contributed by atoms with Gasteiger partial charge < -0.3 is 15.2 Å². The maximum atomic E-state index is 10.9. The third kappa shape index (κ3) is 3.20. The first-order chi connectivity index (χ1) is 8.46. The Hall–Kier alpha value is -1.62. The van der Waals surface area contributed by atoms with Gasteiger partial charge in [-0.15, -0.1) is 0 Å². The number of nitrogens with zero attached hydrogens (tertiary/aromatic N) is 1. The van der Waals surface area contributed by atoms with Crippen molar-refractivity contribution in [1.29, 1.82) is 0 Å². The number of ether oxygens (including phenoxy) is 1. The molecule has 1 saturated heterocycles. The Morgan fingerprint density at radius 1 is 1.61 bits per heavy atom. The second kappa shape index (κ2) is 4.94. The summed E-state index contributed by atoms with van der Waals surface area (Å²) < 4.78 is 5.64. The molecule has 5 nitrogen and oxygen atoms in total. The van der Waals surface area contributed by atoms with Crippen molar-refractivity contribution < 1.29 is 14.6 Å². The molecular weight excluding hydrogens is 232 g/mol. The first-order valence-corrected chi connectivity index (χ1v) is 6.06. The Labute approximate surface area is 106 Å². The number of carboxylic acid groups (broad SMARTS) is 1. The molecule has 1 aromatic heterocycles. The van der Waals surface area contributed by atoms with E-state index < -0.39 is 5.97 Å². The van der Waals surface area contributed by atoms with Crippen LogP contribution in [-0.4, -0.2) is 34.3 Å². The summed E-state index contributed by atoms with van der Waals surface area (Å²) in [5.74, 6) is -0.328. The van der Waals surface area contributed by atoms with Gasteiger partial charge in [0.05, 0.1) is 11.2 Å². The van der Waals surface area contributed by atoms with E-state index in [1.54, 1.807) is 6.07 Å². The fourth-order valence-electron chi connectivity index (χ4n) is 2.21. The van der Waals surface area contributed by atoms with Crippen LogP contribution < -0.4 is 5.32 Å². The Balaban J connectivity index is 2.05. The van der Waals surface area contributed by atoms with Crippen LogP contribution in [0.25, 0.3) is 0 Å². The summed E-state index contributed by atoms with van der Waals surface area (Å²) in [4.78, 5) is 15.0. The number of hydrogen-bond donors (Lipinski definition) is 2. The highest BCUT2D eigenvalue weighted by atomic mass is 16.5. The number of hydrogen-bond acceptors (Lipinski definition) is 4. The quantitative estimate of drug-likeness (QED) is 0.860. The minimum absolute atomic E-state index is 0.139. The van der Waals surface area contributed by atoms with Gasteiger partial charge >= 0.3 is 5.97 Å². The van der Waals surface area contributed by atoms with E-state index in [1.807, 2.05) is 0 Å². The van der Waals surface area contributed by atoms with E-state index in [0.717, 1.165) is 12.8 Å². The first-order valence-electron chi connectivity index (χ1n) is 6.06. The summed E-state index contributed by atoms with van der Waals surface area (Å²) in [6, 6.07) is 3.32. The van der Waals surface area contributed by atoms with Crippen LogP contribution in [0.4, 0.5) is 5.82 Å². The standard InChI is InChI=1S/C13H18N2O3/c1-13(2)8-10(4-6-18-13)15-11-7-9(12(16)17)3-5-14-11/h3,5,7,10H,4,6,8H2,1-2H3,(H,14,15)(H,16,17). The second-order valence-corrected chi connectivity index (χ2v) is 5.18. The van der Waals surface area contributed by atoms with Crippen molar-refractivity contribution in [3.63, 3.8) is 0 Å². The van der Waals surface area contributed by atoms with Gasteiger partial charge in [-0.25, -0.2) is 9.78 Å². The Kier molecular flexibility index (Phi) is 3.52. The molecule has 0 radical (unpaired) electrons. The van der Waals surface area contributed by atoms with Crippen LogP contribution in [0, 0.1) is 0 Å². The van der Waals surface area contributed by atoms with E-state index in [-0.39, 0.29) is 17.2 Å². The van der Waals surface area contributed by atoms with Crippen molar-refractivity contribution >= 4 is 11.8 Å². The van der Waals surface area contributed by atoms with Crippen molar-refractivity contribution in [3.05, 3.63) is 23.9 Å². The SMILES string of the molecule is CC1(C)CC(Nc2cc(C(=O)O)ccn2)CCO1. The van der Waals surface area contributed by atoms with Gasteiger partial charge in [0.25, 0.3) is 0 Å². The van der Waals surface area contributed by atoms with Crippen LogP contribution in [0.1, 0.15) is 37.0 Å². The van der Waals surface area contributed by atoms with Gasteiger partial charge in [-0.1, -0.05) is 0 Å². The van der Waals surface area contributed by atoms with Crippen molar-refractivity contribution in [1.82, 2.24) is 4.98 Å². The third-order valence-corrected chi connectivity index (χ3v) is 3.06. The first kappa shape index (κ1) is 12.8. The van der Waals surface area contributed by atoms with E-state index in [4.69, 9.17) is 9.84 Å². The van der Waals surface area contributed by atoms with E-state index in [1.165, 1.54) is 12.3 Å². The van der Waals surface area contributed by atoms with Crippen molar-refractivity contribution in [2.75, 3.05) is 11.9 Å². The molecule has 1 fully saturated rings. The number of pyridine rings is 1. The van der Waals surface area contributed by atoms with Gasteiger partial charge in [-0.2, -0.15) is 0 Å². The molecule has 2 rings (SSSR count). The number of aromatic nitrogens is 1. The smallest absolute Gasteiger partial charge is 0.335 e. The molecule has 98 valence electrons. The molecule has 1 aliphatic heterocycles. The summed E-state index contributed by atoms with van der Waals surface area (Å²) in [7, 11) is 0. The molecule has 1 atom stereocenters. The molecule has 0 saturated carbocycles. The summed E-state index contributed by atoms with van der Waals surface area (Å²) in [6.45, 7) is 4.83. The fourth-order valence-corrected chi connectivity index (χ4v) is 2.21. The molecule has 1 aromatic rings. The molecule has 2 N–H and O–H groups in total. The lowest BCUT2D eigenvalue weighted by Gasteiger charge is -2.36. The lowest BCUT2D eigenvalue weighted by atomic mass is 9.94. The predicted molar refractivity (Wildman–Crippen MR) is 67.9 cm³/mol. The minimum atomic E-state index is -0.937. The van der Waals surface area contributed by atoms with Gasteiger partial charge in [0.2, 0.25) is 0 Å². The van der Waals surface area contributed by atoms with Crippen LogP contribution in [0.5, 0.6) is 0 Å². The monoisotopic (exact) mass is 250 g/mol. The molecule has 18 heavy (non-hydrogen) atoms. The van der Waals surface area contributed by atoms with Crippen LogP contribution in [0.2, 0.25) is 0 Å². The van der Waals surface area contributed by atoms with Crippen LogP contribution in [-0.2, 0) is 4.74 Å². The zero-order valence-electron chi connectivity index (χ0n) is 10.6. The molecule has 0 aliphatic carbocycles. The number of anilines is 1. The molecular formula is C13H18N2O3. The highest BCUT2D eigenvalue weighted by Crippen LogP contribution is 2.26. The van der Waals surface area contributed by atoms with Gasteiger partial charge in [0, 0.05) is 18.8 Å². The largest absolute Gasteiger partial charge is 0.478 e. The number of nitrogens with one attached hydrogen (secondary N) is 1. The molecule has 5 heteroatoms. The number of carboxylic acids is 1. The van der Waals surface area contributed by atoms with Crippen molar-refractivity contribution in [2.45, 2.75) is 38.3 Å². The van der Waals surface area contributed by atoms with Gasteiger partial charge in [-0.05, 0) is 38.8 Å². The number of rotatable bonds is 3. The molecule has 0 aromatic carbocycles. The molecule has 0 bridgehead atoms. The maximum Gasteiger partial charge on any atom is 0.335 e. The van der Waals surface area contributed by atoms with Gasteiger partial charge in [0.15, 0.2) is 0 Å². The molecule has 0 spiro atoms. The molecule has 2 heterocycles. The van der Waals surface area contributed by atoms with Crippen molar-refractivity contribution in [2.24, 2.45) is 0 Å². The summed E-state index contributed by atoms with van der Waals surface area (Å²) in [5.41, 5.74) is 0.110. The summed E-state index contributed by atoms with van der Waals surface area (Å²) in [5, 5.41) is 12.2. The Morgan fingerprint density at radius 3 is 3.06 bits per heavy atom. The van der Waals surface area contributed by atoms with E-state index >= 15 is 0 Å². The number of aromatic carboxylic acids is 1. The fraction of sp³-hybridized carbons (Fsp3) is 0.538. The Morgan fingerprint density at radius 2 is 2.39 bits per heavy atom. The third-order valence-electron chi connectivity index (χ3n) is 3.06. The van der Waals surface area contributed by atoms with Crippen LogP contribution >= 0.6 is 0 Å². The topological polar surface area (TPSA) is 71.5 Å². The zero-order valence-corrected chi connectivity index (χ0v) is 10.6. The zero-order chi connectivity index (χ0) is 13.2. The molecule has 1 unspecified atom stereocenters. The highest BCUT2D eigenvalue weighted by molar-refractivity contribution is 5.88. The summed E-state index contributed by atoms with van der Waals surface area (Å²) >= 11 is 0. The lowest BCUT2D eigenvalue weighted by Crippen LogP contribution is -2.40. The predicted octanol–water partition coefficient (Wildman–Crippen LogP) is 2.15. The average molecular weight is 250 g/mol. The van der Waals surface area contributed by atoms with Crippen LogP contribution in [0.3, 0.4) is 0 Å². The molecule has 1 aliphatic rings. The normalized spacial score (nSPS) is 22.4. The second-order valence-electron chi connectivity index (χ2n) is 5.18. The minimum Gasteiger partial charge on any atom is -0.478 e. The summed E-state index contributed by atoms with van der Waals surface area (Å²) in [6.07, 6.45) is 3.30. The number of carbonyl (C=O) groups is 1. The van der Waals surface area contributed by atoms with Gasteiger partial charge in [-0.3, -0.25) is 0 Å². The van der Waals surface area contributed by atoms with Crippen molar-refractivity contribution in [3.8, 4) is 0 Å². The van der Waals surface area contributed by atoms with E-state index in [2.05, 4.69) is 24.1 Å². The van der Waals surface area contributed by atoms with Crippen LogP contribution in [0.15, 0.2) is 18.3 Å². The van der Waals surface area contributed by atoms with Gasteiger partial charge in [0.1, 0.15) is 5.82 Å². The highest BCUT2D eigenvalue weighted by Gasteiger charge is 2.28.